The SMILES string of the molecule is CC(=O)COC(=O)[C@](C)(Cc1nc2ccccc2s1)c1ccccc1. The third-order valence-corrected chi connectivity index (χ3v) is 5.15. The summed E-state index contributed by atoms with van der Waals surface area (Å²) in [7, 11) is 0. The van der Waals surface area contributed by atoms with E-state index in [1.54, 1.807) is 11.3 Å². The van der Waals surface area contributed by atoms with Crippen LogP contribution in [-0.4, -0.2) is 23.3 Å². The molecule has 3 rings (SSSR count). The normalized spacial score (nSPS) is 13.4. The Balaban J connectivity index is 1.95. The lowest BCUT2D eigenvalue weighted by atomic mass is 9.79. The second-order valence-corrected chi connectivity index (χ2v) is 7.34. The van der Waals surface area contributed by atoms with E-state index in [0.29, 0.717) is 6.42 Å². The molecule has 1 aromatic heterocycles. The van der Waals surface area contributed by atoms with E-state index in [1.807, 2.05) is 61.5 Å². The highest BCUT2D eigenvalue weighted by molar-refractivity contribution is 7.18. The average molecular weight is 353 g/mol. The summed E-state index contributed by atoms with van der Waals surface area (Å²) in [4.78, 5) is 28.6. The minimum absolute atomic E-state index is 0.177. The Morgan fingerprint density at radius 2 is 1.76 bits per heavy atom. The van der Waals surface area contributed by atoms with Crippen LogP contribution >= 0.6 is 11.3 Å². The summed E-state index contributed by atoms with van der Waals surface area (Å²) in [6.45, 7) is 3.04. The zero-order chi connectivity index (χ0) is 17.9. The van der Waals surface area contributed by atoms with Crippen LogP contribution in [0.2, 0.25) is 0 Å². The summed E-state index contributed by atoms with van der Waals surface area (Å²) >= 11 is 1.57. The Kier molecular flexibility index (Phi) is 4.95. The van der Waals surface area contributed by atoms with Gasteiger partial charge in [-0.05, 0) is 31.5 Å². The number of carbonyl (C=O) groups is 2. The molecule has 0 unspecified atom stereocenters. The van der Waals surface area contributed by atoms with Crippen molar-refractivity contribution in [2.24, 2.45) is 0 Å². The van der Waals surface area contributed by atoms with E-state index in [-0.39, 0.29) is 12.4 Å². The summed E-state index contributed by atoms with van der Waals surface area (Å²) in [6.07, 6.45) is 0.424. The van der Waals surface area contributed by atoms with Gasteiger partial charge in [-0.15, -0.1) is 11.3 Å². The van der Waals surface area contributed by atoms with Gasteiger partial charge in [0.05, 0.1) is 20.6 Å². The number of ketones is 1. The maximum atomic E-state index is 12.8. The van der Waals surface area contributed by atoms with Gasteiger partial charge < -0.3 is 4.74 Å². The number of benzene rings is 2. The number of aromatic nitrogens is 1. The monoisotopic (exact) mass is 353 g/mol. The average Bonchev–Trinajstić information content (AvgIpc) is 3.02. The van der Waals surface area contributed by atoms with Crippen LogP contribution in [0.25, 0.3) is 10.2 Å². The van der Waals surface area contributed by atoms with Crippen LogP contribution in [0, 0.1) is 0 Å². The molecule has 0 aliphatic rings. The standard InChI is InChI=1S/C20H19NO3S/c1-14(22)13-24-19(23)20(2,15-8-4-3-5-9-15)12-18-21-16-10-6-7-11-17(16)25-18/h3-11H,12-13H2,1-2H3/t20-/m1/s1. The van der Waals surface area contributed by atoms with E-state index in [4.69, 9.17) is 4.74 Å². The summed E-state index contributed by atoms with van der Waals surface area (Å²) < 4.78 is 6.35. The van der Waals surface area contributed by atoms with Gasteiger partial charge in [0.15, 0.2) is 5.78 Å². The van der Waals surface area contributed by atoms with Gasteiger partial charge >= 0.3 is 5.97 Å². The van der Waals surface area contributed by atoms with Gasteiger partial charge in [-0.1, -0.05) is 42.5 Å². The molecule has 0 fully saturated rings. The molecular formula is C20H19NO3S. The fourth-order valence-corrected chi connectivity index (χ4v) is 3.85. The Morgan fingerprint density at radius 3 is 2.44 bits per heavy atom. The van der Waals surface area contributed by atoms with E-state index in [0.717, 1.165) is 20.8 Å². The van der Waals surface area contributed by atoms with Gasteiger partial charge in [0.2, 0.25) is 0 Å². The summed E-state index contributed by atoms with van der Waals surface area (Å²) in [5.74, 6) is -0.586. The molecule has 5 heteroatoms. The molecule has 1 heterocycles. The molecular weight excluding hydrogens is 334 g/mol. The van der Waals surface area contributed by atoms with Crippen LogP contribution in [0.1, 0.15) is 24.4 Å². The lowest BCUT2D eigenvalue weighted by molar-refractivity contribution is -0.153. The lowest BCUT2D eigenvalue weighted by Gasteiger charge is -2.27. The first kappa shape index (κ1) is 17.3. The van der Waals surface area contributed by atoms with Gasteiger partial charge in [-0.2, -0.15) is 0 Å². The first-order valence-corrected chi connectivity index (χ1v) is 8.87. The number of ether oxygens (including phenoxy) is 1. The number of esters is 1. The molecule has 0 aliphatic carbocycles. The van der Waals surface area contributed by atoms with Crippen molar-refractivity contribution in [3.8, 4) is 0 Å². The van der Waals surface area contributed by atoms with Crippen LogP contribution in [-0.2, 0) is 26.2 Å². The zero-order valence-corrected chi connectivity index (χ0v) is 15.0. The molecule has 0 saturated heterocycles. The van der Waals surface area contributed by atoms with Gasteiger partial charge in [0.1, 0.15) is 6.61 Å². The Bertz CT molecular complexity index is 870. The molecule has 0 saturated carbocycles. The highest BCUT2D eigenvalue weighted by Gasteiger charge is 2.38. The van der Waals surface area contributed by atoms with E-state index in [1.165, 1.54) is 6.92 Å². The number of hydrogen-bond donors (Lipinski definition) is 0. The quantitative estimate of drug-likeness (QED) is 0.630. The van der Waals surface area contributed by atoms with Crippen molar-refractivity contribution in [1.29, 1.82) is 0 Å². The fourth-order valence-electron chi connectivity index (χ4n) is 2.72. The Hall–Kier alpha value is -2.53. The molecule has 1 atom stereocenters. The van der Waals surface area contributed by atoms with Crippen molar-refractivity contribution in [3.63, 3.8) is 0 Å². The summed E-state index contributed by atoms with van der Waals surface area (Å²) in [5.41, 5.74) is 0.878. The van der Waals surface area contributed by atoms with E-state index < -0.39 is 11.4 Å². The topological polar surface area (TPSA) is 56.3 Å². The smallest absolute Gasteiger partial charge is 0.317 e. The number of para-hydroxylation sites is 1. The molecule has 0 bridgehead atoms. The molecule has 2 aromatic carbocycles. The number of thiazole rings is 1. The second kappa shape index (κ2) is 7.15. The van der Waals surface area contributed by atoms with Crippen molar-refractivity contribution < 1.29 is 14.3 Å². The number of rotatable bonds is 6. The van der Waals surface area contributed by atoms with Crippen molar-refractivity contribution >= 4 is 33.3 Å². The number of hydrogen-bond acceptors (Lipinski definition) is 5. The molecule has 128 valence electrons. The fraction of sp³-hybridized carbons (Fsp3) is 0.250. The molecule has 0 N–H and O–H groups in total. The van der Waals surface area contributed by atoms with Crippen LogP contribution in [0.5, 0.6) is 0 Å². The maximum Gasteiger partial charge on any atom is 0.317 e. The third-order valence-electron chi connectivity index (χ3n) is 4.11. The third kappa shape index (κ3) is 3.77. The molecule has 4 nitrogen and oxygen atoms in total. The molecule has 25 heavy (non-hydrogen) atoms. The largest absolute Gasteiger partial charge is 0.457 e. The molecule has 3 aromatic rings. The molecule has 0 aliphatic heterocycles. The van der Waals surface area contributed by atoms with E-state index in [2.05, 4.69) is 4.98 Å². The maximum absolute atomic E-state index is 12.8. The van der Waals surface area contributed by atoms with Crippen molar-refractivity contribution in [3.05, 3.63) is 65.2 Å². The molecule has 0 amide bonds. The van der Waals surface area contributed by atoms with Gasteiger partial charge in [-0.25, -0.2) is 4.98 Å². The van der Waals surface area contributed by atoms with Gasteiger partial charge in [-0.3, -0.25) is 9.59 Å². The predicted molar refractivity (Wildman–Crippen MR) is 98.8 cm³/mol. The molecule has 0 spiro atoms. The number of carbonyl (C=O) groups excluding carboxylic acids is 2. The first-order chi connectivity index (χ1) is 12.0. The number of Topliss-reactive ketones (excluding diaryl/α,β-unsaturated/α-hetero) is 1. The minimum Gasteiger partial charge on any atom is -0.457 e. The highest BCUT2D eigenvalue weighted by atomic mass is 32.1. The summed E-state index contributed by atoms with van der Waals surface area (Å²) in [6, 6.07) is 17.4. The van der Waals surface area contributed by atoms with Crippen molar-refractivity contribution in [1.82, 2.24) is 4.98 Å². The van der Waals surface area contributed by atoms with Crippen LogP contribution in [0.15, 0.2) is 54.6 Å². The van der Waals surface area contributed by atoms with E-state index >= 15 is 0 Å². The zero-order valence-electron chi connectivity index (χ0n) is 14.2. The predicted octanol–water partition coefficient (Wildman–Crippen LogP) is 3.93. The van der Waals surface area contributed by atoms with Crippen molar-refractivity contribution in [2.45, 2.75) is 25.7 Å². The van der Waals surface area contributed by atoms with Crippen LogP contribution in [0.3, 0.4) is 0 Å². The minimum atomic E-state index is -0.898. The van der Waals surface area contributed by atoms with Crippen LogP contribution in [0.4, 0.5) is 0 Å². The molecule has 0 radical (unpaired) electrons. The van der Waals surface area contributed by atoms with Gasteiger partial charge in [0, 0.05) is 6.42 Å². The number of nitrogens with zero attached hydrogens (tertiary/aromatic N) is 1. The lowest BCUT2D eigenvalue weighted by Crippen LogP contribution is -2.37. The van der Waals surface area contributed by atoms with Crippen molar-refractivity contribution in [2.75, 3.05) is 6.61 Å². The second-order valence-electron chi connectivity index (χ2n) is 6.23. The Morgan fingerprint density at radius 1 is 1.08 bits per heavy atom. The van der Waals surface area contributed by atoms with E-state index in [9.17, 15) is 9.59 Å². The Labute approximate surface area is 150 Å². The highest BCUT2D eigenvalue weighted by Crippen LogP contribution is 2.33. The van der Waals surface area contributed by atoms with Crippen LogP contribution < -0.4 is 0 Å². The first-order valence-electron chi connectivity index (χ1n) is 8.06. The summed E-state index contributed by atoms with van der Waals surface area (Å²) in [5, 5.41) is 0.868. The van der Waals surface area contributed by atoms with Gasteiger partial charge in [0.25, 0.3) is 0 Å². The number of fused-ring (bicyclic) bond motifs is 1.